The van der Waals surface area contributed by atoms with Gasteiger partial charge in [0.2, 0.25) is 5.91 Å². The van der Waals surface area contributed by atoms with Gasteiger partial charge in [0.15, 0.2) is 0 Å². The Morgan fingerprint density at radius 3 is 2.59 bits per heavy atom. The van der Waals surface area contributed by atoms with Crippen molar-refractivity contribution in [3.63, 3.8) is 0 Å². The van der Waals surface area contributed by atoms with Gasteiger partial charge in [0.1, 0.15) is 11.6 Å². The van der Waals surface area contributed by atoms with Crippen molar-refractivity contribution < 1.29 is 9.18 Å². The van der Waals surface area contributed by atoms with E-state index in [1.165, 1.54) is 27.9 Å². The molecule has 1 aliphatic rings. The van der Waals surface area contributed by atoms with Crippen molar-refractivity contribution in [3.8, 4) is 17.2 Å². The molecule has 0 bridgehead atoms. The molecule has 0 aliphatic carbocycles. The lowest BCUT2D eigenvalue weighted by Crippen LogP contribution is -2.25. The summed E-state index contributed by atoms with van der Waals surface area (Å²) in [5.74, 6) is 0.245. The van der Waals surface area contributed by atoms with Crippen LogP contribution in [0.15, 0.2) is 59.6 Å². The lowest BCUT2D eigenvalue weighted by atomic mass is 9.86. The van der Waals surface area contributed by atoms with Crippen molar-refractivity contribution >= 4 is 23.5 Å². The van der Waals surface area contributed by atoms with E-state index >= 15 is 0 Å². The smallest absolute Gasteiger partial charge is 0.272 e. The zero-order valence-corrected chi connectivity index (χ0v) is 18.2. The number of hydrogen-bond donors (Lipinski definition) is 1. The molecule has 3 heterocycles. The van der Waals surface area contributed by atoms with Gasteiger partial charge in [0.25, 0.3) is 5.95 Å². The van der Waals surface area contributed by atoms with Crippen LogP contribution in [0.4, 0.5) is 10.2 Å². The van der Waals surface area contributed by atoms with Gasteiger partial charge in [-0.2, -0.15) is 14.9 Å². The van der Waals surface area contributed by atoms with Crippen LogP contribution in [0.25, 0.3) is 17.2 Å². The summed E-state index contributed by atoms with van der Waals surface area (Å²) in [6.07, 6.45) is 3.88. The van der Waals surface area contributed by atoms with Crippen LogP contribution in [-0.2, 0) is 4.79 Å². The Morgan fingerprint density at radius 2 is 1.88 bits per heavy atom. The summed E-state index contributed by atoms with van der Waals surface area (Å²) >= 11 is 1.68. The number of fused-ring (bicyclic) bond motifs is 1. The first kappa shape index (κ1) is 20.3. The average Bonchev–Trinajstić information content (AvgIpc) is 3.15. The number of anilines is 1. The summed E-state index contributed by atoms with van der Waals surface area (Å²) < 4.78 is 14.8. The van der Waals surface area contributed by atoms with Crippen molar-refractivity contribution in [3.05, 3.63) is 77.4 Å². The number of aromatic nitrogens is 5. The molecule has 32 heavy (non-hydrogen) atoms. The monoisotopic (exact) mass is 446 g/mol. The number of hydrogen-bond acceptors (Lipinski definition) is 6. The topological polar surface area (TPSA) is 85.6 Å². The first-order valence-electron chi connectivity index (χ1n) is 10.0. The van der Waals surface area contributed by atoms with Crippen molar-refractivity contribution in [2.24, 2.45) is 0 Å². The molecule has 1 unspecified atom stereocenters. The third-order valence-corrected chi connectivity index (χ3v) is 6.24. The lowest BCUT2D eigenvalue weighted by Gasteiger charge is -2.24. The van der Waals surface area contributed by atoms with E-state index in [1.54, 1.807) is 23.9 Å². The van der Waals surface area contributed by atoms with Gasteiger partial charge in [-0.25, -0.2) is 9.37 Å². The van der Waals surface area contributed by atoms with Crippen LogP contribution in [-0.4, -0.2) is 37.1 Å². The Kier molecular flexibility index (Phi) is 5.18. The maximum Gasteiger partial charge on any atom is 0.272 e. The molecular weight excluding hydrogens is 427 g/mol. The molecule has 1 aliphatic heterocycles. The zero-order chi connectivity index (χ0) is 22.2. The molecule has 4 aromatic rings. The summed E-state index contributed by atoms with van der Waals surface area (Å²) in [5.41, 5.74) is 4.02. The van der Waals surface area contributed by atoms with E-state index in [4.69, 9.17) is 0 Å². The highest BCUT2D eigenvalue weighted by Crippen LogP contribution is 2.40. The maximum absolute atomic E-state index is 13.3. The largest absolute Gasteiger partial charge is 0.310 e. The zero-order valence-electron chi connectivity index (χ0n) is 17.4. The number of thioether (sulfide) groups is 1. The number of amides is 1. The Morgan fingerprint density at radius 1 is 1.12 bits per heavy atom. The van der Waals surface area contributed by atoms with E-state index in [0.717, 1.165) is 16.8 Å². The van der Waals surface area contributed by atoms with Crippen LogP contribution in [0.2, 0.25) is 0 Å². The molecule has 1 atom stereocenters. The van der Waals surface area contributed by atoms with Gasteiger partial charge >= 0.3 is 0 Å². The first-order valence-corrected chi connectivity index (χ1v) is 11.3. The van der Waals surface area contributed by atoms with E-state index < -0.39 is 0 Å². The number of carbonyl (C=O) groups excluding carboxylic acids is 1. The van der Waals surface area contributed by atoms with Crippen LogP contribution >= 0.6 is 11.8 Å². The molecule has 0 radical (unpaired) electrons. The number of aryl methyl sites for hydroxylation is 1. The van der Waals surface area contributed by atoms with Gasteiger partial charge in [0.05, 0.1) is 17.6 Å². The second kappa shape index (κ2) is 8.16. The van der Waals surface area contributed by atoms with Crippen LogP contribution in [0, 0.1) is 12.7 Å². The third-order valence-electron chi connectivity index (χ3n) is 5.50. The van der Waals surface area contributed by atoms with E-state index in [-0.39, 0.29) is 23.6 Å². The summed E-state index contributed by atoms with van der Waals surface area (Å²) in [7, 11) is 0. The Labute approximate surface area is 188 Å². The highest BCUT2D eigenvalue weighted by molar-refractivity contribution is 7.98. The Bertz CT molecular complexity index is 1300. The van der Waals surface area contributed by atoms with Gasteiger partial charge < -0.3 is 5.32 Å². The van der Waals surface area contributed by atoms with Crippen LogP contribution in [0.1, 0.15) is 29.2 Å². The minimum atomic E-state index is -0.327. The molecule has 2 aromatic carbocycles. The van der Waals surface area contributed by atoms with Crippen molar-refractivity contribution in [2.45, 2.75) is 24.2 Å². The normalized spacial score (nSPS) is 15.3. The van der Waals surface area contributed by atoms with E-state index in [9.17, 15) is 9.18 Å². The van der Waals surface area contributed by atoms with E-state index in [0.29, 0.717) is 23.5 Å². The SMILES string of the molecule is CSc1ccc(C2CC(=O)Nc3c2c(C)nn3-c2nncc(-c3ccc(F)cc3)n2)cc1. The van der Waals surface area contributed by atoms with Crippen molar-refractivity contribution in [1.82, 2.24) is 25.0 Å². The first-order chi connectivity index (χ1) is 15.5. The molecule has 2 aromatic heterocycles. The van der Waals surface area contributed by atoms with Gasteiger partial charge in [-0.05, 0) is 55.1 Å². The minimum absolute atomic E-state index is 0.0970. The fourth-order valence-corrected chi connectivity index (χ4v) is 4.36. The molecule has 0 spiro atoms. The van der Waals surface area contributed by atoms with Crippen molar-refractivity contribution in [2.75, 3.05) is 11.6 Å². The predicted molar refractivity (Wildman–Crippen MR) is 120 cm³/mol. The molecular formula is C23H19FN6OS. The fraction of sp³-hybridized carbons (Fsp3) is 0.174. The number of rotatable bonds is 4. The number of halogens is 1. The highest BCUT2D eigenvalue weighted by Gasteiger charge is 2.33. The number of nitrogens with one attached hydrogen (secondary N) is 1. The minimum Gasteiger partial charge on any atom is -0.310 e. The van der Waals surface area contributed by atoms with Gasteiger partial charge in [-0.3, -0.25) is 4.79 Å². The summed E-state index contributed by atoms with van der Waals surface area (Å²) in [5, 5.41) is 15.7. The maximum atomic E-state index is 13.3. The summed E-state index contributed by atoms with van der Waals surface area (Å²) in [4.78, 5) is 18.3. The highest BCUT2D eigenvalue weighted by atomic mass is 32.2. The van der Waals surface area contributed by atoms with Crippen molar-refractivity contribution in [1.29, 1.82) is 0 Å². The fourth-order valence-electron chi connectivity index (χ4n) is 3.96. The number of nitrogens with zero attached hydrogens (tertiary/aromatic N) is 5. The molecule has 9 heteroatoms. The van der Waals surface area contributed by atoms with Gasteiger partial charge in [-0.15, -0.1) is 16.9 Å². The van der Waals surface area contributed by atoms with Crippen LogP contribution in [0.5, 0.6) is 0 Å². The number of benzene rings is 2. The van der Waals surface area contributed by atoms with E-state index in [2.05, 4.69) is 49.9 Å². The summed E-state index contributed by atoms with van der Waals surface area (Å²) in [6, 6.07) is 14.2. The molecule has 1 amide bonds. The average molecular weight is 447 g/mol. The van der Waals surface area contributed by atoms with Crippen LogP contribution in [0.3, 0.4) is 0 Å². The van der Waals surface area contributed by atoms with Gasteiger partial charge in [-0.1, -0.05) is 12.1 Å². The summed E-state index contributed by atoms with van der Waals surface area (Å²) in [6.45, 7) is 1.91. The molecule has 0 saturated carbocycles. The predicted octanol–water partition coefficient (Wildman–Crippen LogP) is 4.37. The molecule has 0 fully saturated rings. The molecule has 5 rings (SSSR count). The second-order valence-electron chi connectivity index (χ2n) is 7.49. The quantitative estimate of drug-likeness (QED) is 0.469. The third kappa shape index (κ3) is 3.64. The van der Waals surface area contributed by atoms with E-state index in [1.807, 2.05) is 13.2 Å². The Hall–Kier alpha value is -3.59. The van der Waals surface area contributed by atoms with Gasteiger partial charge in [0, 0.05) is 28.4 Å². The molecule has 7 nitrogen and oxygen atoms in total. The molecule has 160 valence electrons. The standard InChI is InChI=1S/C23H19FN6OS/c1-13-21-18(14-5-9-17(32-2)10-6-14)11-20(31)27-22(21)30(29-13)23-26-19(12-25-28-23)15-3-7-16(24)8-4-15/h3-10,12,18H,11H2,1-2H3,(H,27,31). The van der Waals surface area contributed by atoms with Crippen LogP contribution < -0.4 is 5.32 Å². The lowest BCUT2D eigenvalue weighted by molar-refractivity contribution is -0.116. The number of carbonyl (C=O) groups is 1. The molecule has 1 N–H and O–H groups in total. The second-order valence-corrected chi connectivity index (χ2v) is 8.37. The Balaban J connectivity index is 1.58. The molecule has 0 saturated heterocycles.